The summed E-state index contributed by atoms with van der Waals surface area (Å²) in [5.41, 5.74) is 2.97. The Morgan fingerprint density at radius 3 is 2.44 bits per heavy atom. The van der Waals surface area contributed by atoms with Gasteiger partial charge < -0.3 is 24.8 Å². The monoisotopic (exact) mass is 536 g/mol. The molecule has 2 aromatic rings. The van der Waals surface area contributed by atoms with Gasteiger partial charge in [-0.2, -0.15) is 0 Å². The number of carbonyl (C=O) groups is 2. The molecule has 39 heavy (non-hydrogen) atoms. The van der Waals surface area contributed by atoms with E-state index < -0.39 is 17.4 Å². The fraction of sp³-hybridized carbons (Fsp3) is 0.500. The summed E-state index contributed by atoms with van der Waals surface area (Å²) in [6.07, 6.45) is 5.68. The van der Waals surface area contributed by atoms with E-state index in [9.17, 15) is 24.9 Å². The predicted molar refractivity (Wildman–Crippen MR) is 148 cm³/mol. The third-order valence-corrected chi connectivity index (χ3v) is 8.67. The van der Waals surface area contributed by atoms with Gasteiger partial charge >= 0.3 is 11.9 Å². The number of aromatic hydroxyl groups is 3. The van der Waals surface area contributed by atoms with Crippen molar-refractivity contribution in [1.29, 1.82) is 0 Å². The van der Waals surface area contributed by atoms with Crippen LogP contribution in [0, 0.1) is 11.3 Å². The van der Waals surface area contributed by atoms with Crippen molar-refractivity contribution in [2.75, 3.05) is 6.61 Å². The van der Waals surface area contributed by atoms with Gasteiger partial charge in [-0.05, 0) is 75.1 Å². The Morgan fingerprint density at radius 1 is 1.08 bits per heavy atom. The highest BCUT2D eigenvalue weighted by molar-refractivity contribution is 5.90. The molecule has 2 aliphatic carbocycles. The van der Waals surface area contributed by atoms with Crippen LogP contribution in [0.25, 0.3) is 0 Å². The number of hydrogen-bond donors (Lipinski definition) is 3. The van der Waals surface area contributed by atoms with Gasteiger partial charge in [0.1, 0.15) is 0 Å². The second kappa shape index (κ2) is 10.6. The van der Waals surface area contributed by atoms with Crippen molar-refractivity contribution in [2.24, 2.45) is 11.3 Å². The molecule has 2 aliphatic rings. The molecule has 0 aromatic heterocycles. The van der Waals surface area contributed by atoms with Gasteiger partial charge in [0.2, 0.25) is 0 Å². The number of fused-ring (bicyclic) bond motifs is 3. The summed E-state index contributed by atoms with van der Waals surface area (Å²) in [4.78, 5) is 25.4. The van der Waals surface area contributed by atoms with Crippen LogP contribution in [0.5, 0.6) is 23.0 Å². The Bertz CT molecular complexity index is 1320. The third kappa shape index (κ3) is 5.36. The zero-order valence-electron chi connectivity index (χ0n) is 23.8. The number of hydrogen-bond acceptors (Lipinski definition) is 7. The van der Waals surface area contributed by atoms with E-state index in [1.165, 1.54) is 24.3 Å². The molecule has 0 heterocycles. The maximum atomic E-state index is 12.8. The largest absolute Gasteiger partial charge is 0.504 e. The first-order valence-electron chi connectivity index (χ1n) is 13.7. The average molecular weight is 537 g/mol. The highest BCUT2D eigenvalue weighted by atomic mass is 16.5. The predicted octanol–water partition coefficient (Wildman–Crippen LogP) is 6.67. The first-order chi connectivity index (χ1) is 18.3. The summed E-state index contributed by atoms with van der Waals surface area (Å²) in [7, 11) is 0. The van der Waals surface area contributed by atoms with Crippen molar-refractivity contribution in [3.8, 4) is 23.0 Å². The summed E-state index contributed by atoms with van der Waals surface area (Å²) in [6, 6.07) is 5.98. The maximum Gasteiger partial charge on any atom is 0.338 e. The van der Waals surface area contributed by atoms with Gasteiger partial charge in [0.25, 0.3) is 0 Å². The zero-order valence-corrected chi connectivity index (χ0v) is 23.8. The molecule has 210 valence electrons. The minimum Gasteiger partial charge on any atom is -0.504 e. The fourth-order valence-corrected chi connectivity index (χ4v) is 6.84. The maximum absolute atomic E-state index is 12.8. The molecule has 2 aromatic carbocycles. The molecule has 0 unspecified atom stereocenters. The number of carbonyl (C=O) groups excluding carboxylic acids is 2. The lowest BCUT2D eigenvalue weighted by molar-refractivity contribution is -0.129. The van der Waals surface area contributed by atoms with Gasteiger partial charge in [-0.3, -0.25) is 0 Å². The molecule has 1 saturated carbocycles. The number of rotatable bonds is 6. The lowest BCUT2D eigenvalue weighted by Crippen LogP contribution is -2.51. The van der Waals surface area contributed by atoms with E-state index in [1.807, 2.05) is 27.7 Å². The van der Waals surface area contributed by atoms with Crippen LogP contribution in [-0.2, 0) is 21.4 Å². The lowest BCUT2D eigenvalue weighted by atomic mass is 9.49. The van der Waals surface area contributed by atoms with Crippen LogP contribution in [0.15, 0.2) is 35.9 Å². The van der Waals surface area contributed by atoms with E-state index in [4.69, 9.17) is 9.47 Å². The number of allylic oxidation sites excluding steroid dienone is 1. The van der Waals surface area contributed by atoms with E-state index in [-0.39, 0.29) is 52.4 Å². The van der Waals surface area contributed by atoms with E-state index >= 15 is 0 Å². The van der Waals surface area contributed by atoms with Crippen molar-refractivity contribution in [3.63, 3.8) is 0 Å². The molecule has 3 atom stereocenters. The summed E-state index contributed by atoms with van der Waals surface area (Å²) >= 11 is 0. The summed E-state index contributed by atoms with van der Waals surface area (Å²) in [5.74, 6) is -1.30. The standard InChI is InChI=1S/C32H40O7/c1-18(2)14-26(35)39-29-22(19(3)4)15-20-9-11-25-31(5,12-7-13-32(25,6)27(20)28(29)36)17-38-30(37)21-8-10-23(33)24(34)16-21/h8,10,14-16,19,25,33-34,36H,7,9,11-13,17H2,1-6H3/t25-,31+,32-/m0/s1. The molecule has 7 heteroatoms. The van der Waals surface area contributed by atoms with Crippen molar-refractivity contribution in [1.82, 2.24) is 0 Å². The zero-order chi connectivity index (χ0) is 28.7. The van der Waals surface area contributed by atoms with Crippen molar-refractivity contribution >= 4 is 11.9 Å². The van der Waals surface area contributed by atoms with Gasteiger partial charge in [-0.15, -0.1) is 0 Å². The lowest BCUT2D eigenvalue weighted by Gasteiger charge is -2.55. The highest BCUT2D eigenvalue weighted by Crippen LogP contribution is 2.60. The number of esters is 2. The van der Waals surface area contributed by atoms with Crippen LogP contribution in [0.1, 0.15) is 100 Å². The molecule has 0 radical (unpaired) electrons. The van der Waals surface area contributed by atoms with Crippen LogP contribution in [0.3, 0.4) is 0 Å². The molecule has 0 amide bonds. The summed E-state index contributed by atoms with van der Waals surface area (Å²) in [5, 5.41) is 31.1. The van der Waals surface area contributed by atoms with Crippen LogP contribution < -0.4 is 4.74 Å². The first-order valence-corrected chi connectivity index (χ1v) is 13.7. The first kappa shape index (κ1) is 28.5. The van der Waals surface area contributed by atoms with E-state index in [0.717, 1.165) is 54.4 Å². The molecule has 0 bridgehead atoms. The average Bonchev–Trinajstić information content (AvgIpc) is 2.84. The number of aryl methyl sites for hydroxylation is 1. The number of benzene rings is 2. The quantitative estimate of drug-likeness (QED) is 0.164. The van der Waals surface area contributed by atoms with Gasteiger partial charge in [0.15, 0.2) is 23.0 Å². The highest BCUT2D eigenvalue weighted by Gasteiger charge is 2.54. The Morgan fingerprint density at radius 2 is 1.79 bits per heavy atom. The molecular formula is C32H40O7. The third-order valence-electron chi connectivity index (χ3n) is 8.67. The van der Waals surface area contributed by atoms with Gasteiger partial charge in [0, 0.05) is 28.0 Å². The smallest absolute Gasteiger partial charge is 0.338 e. The summed E-state index contributed by atoms with van der Waals surface area (Å²) in [6.45, 7) is 12.2. The van der Waals surface area contributed by atoms with Gasteiger partial charge in [0.05, 0.1) is 12.2 Å². The van der Waals surface area contributed by atoms with Gasteiger partial charge in [-0.25, -0.2) is 9.59 Å². The topological polar surface area (TPSA) is 113 Å². The van der Waals surface area contributed by atoms with Crippen molar-refractivity contribution < 1.29 is 34.4 Å². The van der Waals surface area contributed by atoms with Gasteiger partial charge in [-0.1, -0.05) is 45.8 Å². The second-order valence-electron chi connectivity index (χ2n) is 12.3. The molecular weight excluding hydrogens is 496 g/mol. The van der Waals surface area contributed by atoms with E-state index in [0.29, 0.717) is 0 Å². The van der Waals surface area contributed by atoms with Crippen LogP contribution in [-0.4, -0.2) is 33.9 Å². The Hall–Kier alpha value is -3.48. The van der Waals surface area contributed by atoms with Crippen LogP contribution in [0.4, 0.5) is 0 Å². The minimum atomic E-state index is -0.562. The number of ether oxygens (including phenoxy) is 2. The molecule has 0 spiro atoms. The molecule has 3 N–H and O–H groups in total. The van der Waals surface area contributed by atoms with Crippen molar-refractivity contribution in [2.45, 2.75) is 85.0 Å². The molecule has 0 saturated heterocycles. The molecule has 0 aliphatic heterocycles. The fourth-order valence-electron chi connectivity index (χ4n) is 6.84. The second-order valence-corrected chi connectivity index (χ2v) is 12.3. The normalized spacial score (nSPS) is 23.9. The van der Waals surface area contributed by atoms with E-state index in [1.54, 1.807) is 0 Å². The minimum absolute atomic E-state index is 0.0414. The summed E-state index contributed by atoms with van der Waals surface area (Å²) < 4.78 is 11.5. The Kier molecular flexibility index (Phi) is 7.75. The Labute approximate surface area is 230 Å². The molecule has 4 rings (SSSR count). The van der Waals surface area contributed by atoms with Crippen molar-refractivity contribution in [3.05, 3.63) is 58.2 Å². The molecule has 7 nitrogen and oxygen atoms in total. The van der Waals surface area contributed by atoms with E-state index in [2.05, 4.69) is 19.9 Å². The number of phenolic OH excluding ortho intramolecular Hbond substituents is 3. The SMILES string of the molecule is CC(C)=CC(=O)Oc1c(C(C)C)cc2c(c1O)[C@@]1(C)CCC[C@](C)(COC(=O)c3ccc(O)c(O)c3)[C@@H]1CC2. The molecule has 1 fully saturated rings. The van der Waals surface area contributed by atoms with Crippen LogP contribution in [0.2, 0.25) is 0 Å². The van der Waals surface area contributed by atoms with Crippen LogP contribution >= 0.6 is 0 Å². The Balaban J connectivity index is 1.68. The number of phenols is 3.